The Morgan fingerprint density at radius 2 is 1.92 bits per heavy atom. The molecular formula is C8H16ClNO3. The van der Waals surface area contributed by atoms with Crippen molar-refractivity contribution in [3.05, 3.63) is 0 Å². The van der Waals surface area contributed by atoms with Gasteiger partial charge in [-0.2, -0.15) is 0 Å². The van der Waals surface area contributed by atoms with Crippen LogP contribution in [-0.2, 0) is 9.57 Å². The van der Waals surface area contributed by atoms with Gasteiger partial charge in [0.25, 0.3) is 0 Å². The SMILES string of the molecule is CCC(Cl)OC(=O)ON(CC)CC. The van der Waals surface area contributed by atoms with Crippen molar-refractivity contribution in [2.75, 3.05) is 13.1 Å². The molecule has 0 aliphatic heterocycles. The maximum Gasteiger partial charge on any atom is 0.529 e. The molecule has 1 atom stereocenters. The monoisotopic (exact) mass is 209 g/mol. The van der Waals surface area contributed by atoms with Crippen molar-refractivity contribution in [2.45, 2.75) is 32.8 Å². The number of hydrogen-bond donors (Lipinski definition) is 0. The smallest absolute Gasteiger partial charge is 0.413 e. The van der Waals surface area contributed by atoms with E-state index >= 15 is 0 Å². The number of hydroxylamine groups is 2. The van der Waals surface area contributed by atoms with Crippen molar-refractivity contribution in [3.8, 4) is 0 Å². The number of ether oxygens (including phenoxy) is 1. The highest BCUT2D eigenvalue weighted by Gasteiger charge is 2.13. The van der Waals surface area contributed by atoms with Crippen LogP contribution < -0.4 is 0 Å². The predicted molar refractivity (Wildman–Crippen MR) is 50.4 cm³/mol. The van der Waals surface area contributed by atoms with Crippen LogP contribution in [0.15, 0.2) is 0 Å². The van der Waals surface area contributed by atoms with E-state index in [0.717, 1.165) is 0 Å². The molecule has 0 aliphatic carbocycles. The largest absolute Gasteiger partial charge is 0.529 e. The van der Waals surface area contributed by atoms with Gasteiger partial charge in [-0.15, -0.1) is 5.06 Å². The molecule has 0 aromatic carbocycles. The van der Waals surface area contributed by atoms with Crippen molar-refractivity contribution in [1.29, 1.82) is 0 Å². The van der Waals surface area contributed by atoms with E-state index in [1.54, 1.807) is 0 Å². The maximum absolute atomic E-state index is 11.0. The van der Waals surface area contributed by atoms with E-state index < -0.39 is 11.7 Å². The van der Waals surface area contributed by atoms with Gasteiger partial charge >= 0.3 is 6.16 Å². The molecule has 0 radical (unpaired) electrons. The molecular weight excluding hydrogens is 194 g/mol. The van der Waals surface area contributed by atoms with Crippen LogP contribution in [0, 0.1) is 0 Å². The molecule has 0 spiro atoms. The number of halogens is 1. The molecule has 0 rings (SSSR count). The van der Waals surface area contributed by atoms with Crippen LogP contribution in [0.3, 0.4) is 0 Å². The lowest BCUT2D eigenvalue weighted by atomic mass is 10.5. The molecule has 4 nitrogen and oxygen atoms in total. The fourth-order valence-electron chi connectivity index (χ4n) is 0.667. The molecule has 0 saturated heterocycles. The van der Waals surface area contributed by atoms with Crippen molar-refractivity contribution in [2.24, 2.45) is 0 Å². The van der Waals surface area contributed by atoms with Crippen LogP contribution in [0.2, 0.25) is 0 Å². The Labute approximate surface area is 83.7 Å². The summed E-state index contributed by atoms with van der Waals surface area (Å²) in [5, 5.41) is 1.49. The van der Waals surface area contributed by atoms with Gasteiger partial charge in [-0.1, -0.05) is 18.5 Å². The average molecular weight is 210 g/mol. The standard InChI is InChI=1S/C8H16ClNO3/c1-4-7(9)12-8(11)13-10(5-2)6-3/h7H,4-6H2,1-3H3. The molecule has 13 heavy (non-hydrogen) atoms. The minimum Gasteiger partial charge on any atom is -0.413 e. The molecule has 1 unspecified atom stereocenters. The first-order valence-corrected chi connectivity index (χ1v) is 4.85. The normalized spacial score (nSPS) is 12.7. The summed E-state index contributed by atoms with van der Waals surface area (Å²) in [6.45, 7) is 6.85. The minimum atomic E-state index is -0.745. The maximum atomic E-state index is 11.0. The van der Waals surface area contributed by atoms with Gasteiger partial charge in [-0.05, 0) is 20.3 Å². The molecule has 5 heteroatoms. The third-order valence-corrected chi connectivity index (χ3v) is 1.85. The van der Waals surface area contributed by atoms with Crippen molar-refractivity contribution in [3.63, 3.8) is 0 Å². The van der Waals surface area contributed by atoms with E-state index in [-0.39, 0.29) is 0 Å². The van der Waals surface area contributed by atoms with Gasteiger partial charge in [0.05, 0.1) is 0 Å². The summed E-state index contributed by atoms with van der Waals surface area (Å²) in [5.41, 5.74) is -0.608. The highest BCUT2D eigenvalue weighted by Crippen LogP contribution is 2.05. The Morgan fingerprint density at radius 1 is 1.38 bits per heavy atom. The number of carbonyl (C=O) groups excluding carboxylic acids is 1. The molecule has 0 aromatic heterocycles. The van der Waals surface area contributed by atoms with Crippen molar-refractivity contribution >= 4 is 17.8 Å². The Balaban J connectivity index is 3.72. The predicted octanol–water partition coefficient (Wildman–Crippen LogP) is 2.37. The first-order valence-electron chi connectivity index (χ1n) is 4.41. The molecule has 0 saturated carbocycles. The second-order valence-corrected chi connectivity index (χ2v) is 2.88. The van der Waals surface area contributed by atoms with Gasteiger partial charge in [0.15, 0.2) is 5.56 Å². The number of alkyl halides is 1. The van der Waals surface area contributed by atoms with Crippen LogP contribution in [-0.4, -0.2) is 29.9 Å². The molecule has 0 aliphatic rings. The molecule has 0 bridgehead atoms. The van der Waals surface area contributed by atoms with Crippen LogP contribution >= 0.6 is 11.6 Å². The van der Waals surface area contributed by atoms with Gasteiger partial charge in [0.2, 0.25) is 0 Å². The topological polar surface area (TPSA) is 38.8 Å². The average Bonchev–Trinajstić information content (AvgIpc) is 2.13. The number of carbonyl (C=O) groups is 1. The van der Waals surface area contributed by atoms with Gasteiger partial charge < -0.3 is 9.57 Å². The van der Waals surface area contributed by atoms with Gasteiger partial charge in [-0.3, -0.25) is 0 Å². The minimum absolute atomic E-state index is 0.564. The zero-order chi connectivity index (χ0) is 10.3. The second-order valence-electron chi connectivity index (χ2n) is 2.39. The summed E-state index contributed by atoms with van der Waals surface area (Å²) >= 11 is 5.59. The summed E-state index contributed by atoms with van der Waals surface area (Å²) in [5.74, 6) is 0. The van der Waals surface area contributed by atoms with Crippen LogP contribution in [0.25, 0.3) is 0 Å². The lowest BCUT2D eigenvalue weighted by Gasteiger charge is -2.17. The summed E-state index contributed by atoms with van der Waals surface area (Å²) in [6.07, 6.45) is -0.180. The van der Waals surface area contributed by atoms with E-state index in [4.69, 9.17) is 21.2 Å². The van der Waals surface area contributed by atoms with E-state index in [2.05, 4.69) is 0 Å². The van der Waals surface area contributed by atoms with Gasteiger partial charge in [-0.25, -0.2) is 4.79 Å². The first-order chi connectivity index (χ1) is 6.13. The fourth-order valence-corrected chi connectivity index (χ4v) is 0.740. The molecule has 78 valence electrons. The van der Waals surface area contributed by atoms with Crippen LogP contribution in [0.4, 0.5) is 4.79 Å². The van der Waals surface area contributed by atoms with E-state index in [1.807, 2.05) is 20.8 Å². The van der Waals surface area contributed by atoms with Crippen LogP contribution in [0.1, 0.15) is 27.2 Å². The third kappa shape index (κ3) is 5.71. The lowest BCUT2D eigenvalue weighted by Crippen LogP contribution is -2.28. The molecule has 0 fully saturated rings. The molecule has 0 amide bonds. The number of rotatable bonds is 5. The van der Waals surface area contributed by atoms with Crippen LogP contribution in [0.5, 0.6) is 0 Å². The summed E-state index contributed by atoms with van der Waals surface area (Å²) < 4.78 is 4.70. The highest BCUT2D eigenvalue weighted by atomic mass is 35.5. The summed E-state index contributed by atoms with van der Waals surface area (Å²) in [7, 11) is 0. The number of hydrogen-bond acceptors (Lipinski definition) is 4. The Morgan fingerprint density at radius 3 is 2.31 bits per heavy atom. The Hall–Kier alpha value is -0.480. The second kappa shape index (κ2) is 6.97. The fraction of sp³-hybridized carbons (Fsp3) is 0.875. The highest BCUT2D eigenvalue weighted by molar-refractivity contribution is 6.20. The zero-order valence-corrected chi connectivity index (χ0v) is 9.00. The molecule has 0 heterocycles. The lowest BCUT2D eigenvalue weighted by molar-refractivity contribution is -0.124. The first kappa shape index (κ1) is 12.5. The van der Waals surface area contributed by atoms with Gasteiger partial charge in [0, 0.05) is 13.1 Å². The Bertz CT molecular complexity index is 150. The zero-order valence-electron chi connectivity index (χ0n) is 8.25. The van der Waals surface area contributed by atoms with Gasteiger partial charge in [0.1, 0.15) is 0 Å². The Kier molecular flexibility index (Phi) is 6.72. The van der Waals surface area contributed by atoms with Crippen molar-refractivity contribution < 1.29 is 14.4 Å². The summed E-state index contributed by atoms with van der Waals surface area (Å²) in [4.78, 5) is 15.8. The third-order valence-electron chi connectivity index (χ3n) is 1.45. The number of nitrogens with zero attached hydrogens (tertiary/aromatic N) is 1. The van der Waals surface area contributed by atoms with E-state index in [1.165, 1.54) is 5.06 Å². The van der Waals surface area contributed by atoms with E-state index in [0.29, 0.717) is 19.5 Å². The summed E-state index contributed by atoms with van der Waals surface area (Å²) in [6, 6.07) is 0. The van der Waals surface area contributed by atoms with E-state index in [9.17, 15) is 4.79 Å². The quantitative estimate of drug-likeness (QED) is 0.396. The molecule has 0 aromatic rings. The molecule has 0 N–H and O–H groups in total. The van der Waals surface area contributed by atoms with Crippen molar-refractivity contribution in [1.82, 2.24) is 5.06 Å².